The van der Waals surface area contributed by atoms with Gasteiger partial charge in [0, 0.05) is 5.69 Å². The number of hydrogen-bond acceptors (Lipinski definition) is 5. The summed E-state index contributed by atoms with van der Waals surface area (Å²) in [6.07, 6.45) is -4.92. The minimum atomic E-state index is -4.92. The van der Waals surface area contributed by atoms with E-state index in [-0.39, 0.29) is 12.3 Å². The largest absolute Gasteiger partial charge is 0.497 e. The zero-order valence-corrected chi connectivity index (χ0v) is 11.8. The Kier molecular flexibility index (Phi) is 5.81. The molecule has 118 valence electrons. The van der Waals surface area contributed by atoms with Gasteiger partial charge in [0.2, 0.25) is 0 Å². The second-order valence-electron chi connectivity index (χ2n) is 3.93. The summed E-state index contributed by atoms with van der Waals surface area (Å²) < 4.78 is 48.6. The summed E-state index contributed by atoms with van der Waals surface area (Å²) >= 11 is 0. The van der Waals surface area contributed by atoms with Crippen LogP contribution in [0.1, 0.15) is 6.92 Å². The number of hydrogen-bond donors (Lipinski definition) is 1. The molecular weight excluding hydrogens is 301 g/mol. The molecule has 0 atom stereocenters. The highest BCUT2D eigenvalue weighted by atomic mass is 19.4. The minimum Gasteiger partial charge on any atom is -0.497 e. The standard InChI is InChI=1S/C14H13F3N2O3/c1-3-22-13(20)11(8-18)12(14(15,16)17)19-9-4-6-10(21-2)7-5-9/h4-7,19H,3H2,1-2H3/b12-11+. The Hall–Kier alpha value is -2.69. The number of halogens is 3. The molecule has 0 spiro atoms. The Morgan fingerprint density at radius 1 is 1.32 bits per heavy atom. The van der Waals surface area contributed by atoms with Gasteiger partial charge in [-0.15, -0.1) is 0 Å². The maximum Gasteiger partial charge on any atom is 0.432 e. The number of rotatable bonds is 5. The van der Waals surface area contributed by atoms with Crippen LogP contribution in [0.2, 0.25) is 0 Å². The Balaban J connectivity index is 3.22. The topological polar surface area (TPSA) is 71.4 Å². The molecule has 0 bridgehead atoms. The molecule has 0 heterocycles. The van der Waals surface area contributed by atoms with E-state index in [4.69, 9.17) is 10.00 Å². The molecule has 5 nitrogen and oxygen atoms in total. The van der Waals surface area contributed by atoms with E-state index in [1.54, 1.807) is 0 Å². The third kappa shape index (κ3) is 4.41. The van der Waals surface area contributed by atoms with E-state index in [0.29, 0.717) is 5.75 Å². The number of carbonyl (C=O) groups is 1. The molecule has 1 aromatic rings. The maximum atomic E-state index is 13.1. The average Bonchev–Trinajstić information content (AvgIpc) is 2.47. The van der Waals surface area contributed by atoms with Gasteiger partial charge in [-0.05, 0) is 31.2 Å². The molecule has 22 heavy (non-hydrogen) atoms. The summed E-state index contributed by atoms with van der Waals surface area (Å²) in [4.78, 5) is 11.5. The van der Waals surface area contributed by atoms with Crippen LogP contribution in [-0.4, -0.2) is 25.9 Å². The van der Waals surface area contributed by atoms with Gasteiger partial charge in [-0.25, -0.2) is 4.79 Å². The maximum absolute atomic E-state index is 13.1. The van der Waals surface area contributed by atoms with E-state index >= 15 is 0 Å². The van der Waals surface area contributed by atoms with Crippen LogP contribution >= 0.6 is 0 Å². The van der Waals surface area contributed by atoms with Crippen LogP contribution in [0.15, 0.2) is 35.5 Å². The molecule has 0 aromatic heterocycles. The number of anilines is 1. The monoisotopic (exact) mass is 314 g/mol. The molecule has 1 N–H and O–H groups in total. The van der Waals surface area contributed by atoms with E-state index in [1.807, 2.05) is 5.32 Å². The predicted octanol–water partition coefficient (Wildman–Crippen LogP) is 3.01. The molecule has 1 rings (SSSR count). The fourth-order valence-corrected chi connectivity index (χ4v) is 1.50. The molecule has 8 heteroatoms. The number of allylic oxidation sites excluding steroid dienone is 1. The van der Waals surface area contributed by atoms with Crippen molar-refractivity contribution in [2.24, 2.45) is 0 Å². The lowest BCUT2D eigenvalue weighted by Crippen LogP contribution is -2.24. The Bertz CT molecular complexity index is 601. The van der Waals surface area contributed by atoms with Gasteiger partial charge in [0.05, 0.1) is 13.7 Å². The lowest BCUT2D eigenvalue weighted by Gasteiger charge is -2.16. The molecule has 0 unspecified atom stereocenters. The number of alkyl halides is 3. The quantitative estimate of drug-likeness (QED) is 0.514. The van der Waals surface area contributed by atoms with Crippen molar-refractivity contribution in [1.82, 2.24) is 0 Å². The molecule has 0 aliphatic carbocycles. The predicted molar refractivity (Wildman–Crippen MR) is 71.9 cm³/mol. The summed E-state index contributed by atoms with van der Waals surface area (Å²) in [5.74, 6) is -0.882. The third-order valence-corrected chi connectivity index (χ3v) is 2.48. The van der Waals surface area contributed by atoms with Gasteiger partial charge in [0.1, 0.15) is 17.5 Å². The molecule has 1 aromatic carbocycles. The first-order chi connectivity index (χ1) is 10.3. The summed E-state index contributed by atoms with van der Waals surface area (Å²) in [6, 6.07) is 6.76. The fourth-order valence-electron chi connectivity index (χ4n) is 1.50. The number of nitrogens with one attached hydrogen (secondary N) is 1. The van der Waals surface area contributed by atoms with Crippen molar-refractivity contribution in [2.45, 2.75) is 13.1 Å². The van der Waals surface area contributed by atoms with Crippen molar-refractivity contribution in [3.63, 3.8) is 0 Å². The highest BCUT2D eigenvalue weighted by Crippen LogP contribution is 2.30. The lowest BCUT2D eigenvalue weighted by molar-refractivity contribution is -0.139. The van der Waals surface area contributed by atoms with Crippen molar-refractivity contribution >= 4 is 11.7 Å². The van der Waals surface area contributed by atoms with Crippen molar-refractivity contribution in [1.29, 1.82) is 5.26 Å². The van der Waals surface area contributed by atoms with Crippen LogP contribution in [0.5, 0.6) is 5.75 Å². The molecule has 0 saturated heterocycles. The normalized spacial score (nSPS) is 12.0. The van der Waals surface area contributed by atoms with E-state index in [0.717, 1.165) is 0 Å². The zero-order valence-electron chi connectivity index (χ0n) is 11.8. The van der Waals surface area contributed by atoms with Gasteiger partial charge < -0.3 is 14.8 Å². The first-order valence-corrected chi connectivity index (χ1v) is 6.13. The number of esters is 1. The number of methoxy groups -OCH3 is 1. The summed E-state index contributed by atoms with van der Waals surface area (Å²) in [7, 11) is 1.41. The Labute approximate surface area is 124 Å². The summed E-state index contributed by atoms with van der Waals surface area (Å²) in [6.45, 7) is 1.29. The minimum absolute atomic E-state index is 0.0465. The fraction of sp³-hybridized carbons (Fsp3) is 0.286. The van der Waals surface area contributed by atoms with Gasteiger partial charge >= 0.3 is 12.1 Å². The molecule has 0 radical (unpaired) electrons. The first kappa shape index (κ1) is 17.4. The van der Waals surface area contributed by atoms with Crippen molar-refractivity contribution in [3.8, 4) is 11.8 Å². The number of carbonyl (C=O) groups excluding carboxylic acids is 1. The van der Waals surface area contributed by atoms with Crippen LogP contribution in [0.25, 0.3) is 0 Å². The Morgan fingerprint density at radius 2 is 1.91 bits per heavy atom. The van der Waals surface area contributed by atoms with Crippen molar-refractivity contribution in [2.75, 3.05) is 19.0 Å². The van der Waals surface area contributed by atoms with Gasteiger partial charge in [-0.3, -0.25) is 0 Å². The van der Waals surface area contributed by atoms with Crippen LogP contribution in [-0.2, 0) is 9.53 Å². The highest BCUT2D eigenvalue weighted by Gasteiger charge is 2.39. The van der Waals surface area contributed by atoms with Gasteiger partial charge in [-0.2, -0.15) is 18.4 Å². The number of ether oxygens (including phenoxy) is 2. The van der Waals surface area contributed by atoms with E-state index in [2.05, 4.69) is 4.74 Å². The molecular formula is C14H13F3N2O3. The van der Waals surface area contributed by atoms with Crippen LogP contribution in [0.4, 0.5) is 18.9 Å². The first-order valence-electron chi connectivity index (χ1n) is 6.13. The van der Waals surface area contributed by atoms with E-state index in [1.165, 1.54) is 44.4 Å². The molecule has 0 fully saturated rings. The molecule has 0 saturated carbocycles. The van der Waals surface area contributed by atoms with Gasteiger partial charge in [0.25, 0.3) is 0 Å². The van der Waals surface area contributed by atoms with E-state index < -0.39 is 23.4 Å². The number of nitrogens with zero attached hydrogens (tertiary/aromatic N) is 1. The average molecular weight is 314 g/mol. The summed E-state index contributed by atoms with van der Waals surface area (Å²) in [5, 5.41) is 10.9. The highest BCUT2D eigenvalue weighted by molar-refractivity contribution is 5.94. The van der Waals surface area contributed by atoms with Crippen LogP contribution in [0.3, 0.4) is 0 Å². The SMILES string of the molecule is CCOC(=O)/C(C#N)=C(/Nc1ccc(OC)cc1)C(F)(F)F. The third-order valence-electron chi connectivity index (χ3n) is 2.48. The van der Waals surface area contributed by atoms with Crippen LogP contribution < -0.4 is 10.1 Å². The molecule has 0 amide bonds. The smallest absolute Gasteiger partial charge is 0.432 e. The summed E-state index contributed by atoms with van der Waals surface area (Å²) in [5.41, 5.74) is -2.56. The van der Waals surface area contributed by atoms with Gasteiger partial charge in [-0.1, -0.05) is 0 Å². The van der Waals surface area contributed by atoms with E-state index in [9.17, 15) is 18.0 Å². The number of benzene rings is 1. The second-order valence-corrected chi connectivity index (χ2v) is 3.93. The lowest BCUT2D eigenvalue weighted by atomic mass is 10.2. The second kappa shape index (κ2) is 7.36. The zero-order chi connectivity index (χ0) is 16.8. The molecule has 0 aliphatic rings. The van der Waals surface area contributed by atoms with Gasteiger partial charge in [0.15, 0.2) is 5.57 Å². The van der Waals surface area contributed by atoms with Crippen LogP contribution in [0, 0.1) is 11.3 Å². The molecule has 0 aliphatic heterocycles. The number of nitriles is 1. The van der Waals surface area contributed by atoms with Crippen molar-refractivity contribution < 1.29 is 27.4 Å². The van der Waals surface area contributed by atoms with Crippen molar-refractivity contribution in [3.05, 3.63) is 35.5 Å². The Morgan fingerprint density at radius 3 is 2.32 bits per heavy atom.